The van der Waals surface area contributed by atoms with E-state index < -0.39 is 6.10 Å². The number of carbonyl (C=O) groups excluding carboxylic acids is 3. The van der Waals surface area contributed by atoms with Crippen LogP contribution in [-0.2, 0) is 28.6 Å². The average molecular weight is 887 g/mol. The minimum Gasteiger partial charge on any atom is -0.462 e. The number of esters is 3. The van der Waals surface area contributed by atoms with Gasteiger partial charge in [-0.25, -0.2) is 0 Å². The number of ether oxygens (including phenoxy) is 3. The number of carbonyl (C=O) groups is 3. The fraction of sp³-hybridized carbons (Fsp3) is 0.877. The van der Waals surface area contributed by atoms with E-state index in [-0.39, 0.29) is 31.1 Å². The number of allylic oxidation sites excluding steroid dienone is 4. The molecular weight excluding hydrogens is 781 g/mol. The first-order valence-electron chi connectivity index (χ1n) is 27.8. The van der Waals surface area contributed by atoms with E-state index in [1.165, 1.54) is 199 Å². The first-order valence-corrected chi connectivity index (χ1v) is 27.8. The van der Waals surface area contributed by atoms with E-state index in [0.29, 0.717) is 19.3 Å². The zero-order valence-corrected chi connectivity index (χ0v) is 42.4. The Bertz CT molecular complexity index is 1020. The molecule has 6 heteroatoms. The lowest BCUT2D eigenvalue weighted by atomic mass is 10.0. The molecule has 6 nitrogen and oxygen atoms in total. The molecule has 0 saturated heterocycles. The minimum atomic E-state index is -0.766. The van der Waals surface area contributed by atoms with E-state index in [2.05, 4.69) is 45.1 Å². The molecule has 0 amide bonds. The first kappa shape index (κ1) is 60.9. The Kier molecular flexibility index (Phi) is 50.8. The summed E-state index contributed by atoms with van der Waals surface area (Å²) >= 11 is 0. The second kappa shape index (κ2) is 52.5. The lowest BCUT2D eigenvalue weighted by Gasteiger charge is -2.18. The third kappa shape index (κ3) is 50.7. The Balaban J connectivity index is 4.27. The second-order valence-corrected chi connectivity index (χ2v) is 18.9. The van der Waals surface area contributed by atoms with E-state index in [9.17, 15) is 14.4 Å². The molecule has 0 spiro atoms. The molecule has 370 valence electrons. The first-order chi connectivity index (χ1) is 31.0. The van der Waals surface area contributed by atoms with Crippen LogP contribution in [0.4, 0.5) is 0 Å². The van der Waals surface area contributed by atoms with E-state index in [1.807, 2.05) is 0 Å². The van der Waals surface area contributed by atoms with Crippen LogP contribution in [0.25, 0.3) is 0 Å². The van der Waals surface area contributed by atoms with Gasteiger partial charge < -0.3 is 14.2 Å². The summed E-state index contributed by atoms with van der Waals surface area (Å²) in [7, 11) is 0. The van der Waals surface area contributed by atoms with Gasteiger partial charge >= 0.3 is 17.9 Å². The molecule has 1 atom stereocenters. The van der Waals surface area contributed by atoms with Crippen molar-refractivity contribution >= 4 is 17.9 Å². The summed E-state index contributed by atoms with van der Waals surface area (Å²) in [4.78, 5) is 38.0. The molecule has 0 aromatic heterocycles. The van der Waals surface area contributed by atoms with Crippen LogP contribution >= 0.6 is 0 Å². The van der Waals surface area contributed by atoms with Crippen molar-refractivity contribution in [2.24, 2.45) is 0 Å². The van der Waals surface area contributed by atoms with Crippen LogP contribution in [0.3, 0.4) is 0 Å². The summed E-state index contributed by atoms with van der Waals surface area (Å²) < 4.78 is 16.8. The monoisotopic (exact) mass is 887 g/mol. The van der Waals surface area contributed by atoms with E-state index in [0.717, 1.165) is 64.2 Å². The maximum atomic E-state index is 12.8. The van der Waals surface area contributed by atoms with Gasteiger partial charge in [0.25, 0.3) is 0 Å². The van der Waals surface area contributed by atoms with Gasteiger partial charge in [-0.3, -0.25) is 14.4 Å². The molecule has 0 aliphatic rings. The van der Waals surface area contributed by atoms with Gasteiger partial charge in [-0.15, -0.1) is 0 Å². The van der Waals surface area contributed by atoms with Crippen LogP contribution < -0.4 is 0 Å². The number of hydrogen-bond acceptors (Lipinski definition) is 6. The van der Waals surface area contributed by atoms with Crippen molar-refractivity contribution in [1.82, 2.24) is 0 Å². The van der Waals surface area contributed by atoms with Crippen molar-refractivity contribution in [3.63, 3.8) is 0 Å². The van der Waals surface area contributed by atoms with Gasteiger partial charge in [0.1, 0.15) is 13.2 Å². The van der Waals surface area contributed by atoms with Crippen LogP contribution in [0.2, 0.25) is 0 Å². The van der Waals surface area contributed by atoms with Gasteiger partial charge in [0.05, 0.1) is 0 Å². The maximum absolute atomic E-state index is 12.8. The highest BCUT2D eigenvalue weighted by Gasteiger charge is 2.19. The molecule has 0 aromatic carbocycles. The average Bonchev–Trinajstić information content (AvgIpc) is 3.28. The smallest absolute Gasteiger partial charge is 0.306 e. The molecule has 0 fully saturated rings. The Morgan fingerprint density at radius 3 is 0.905 bits per heavy atom. The normalized spacial score (nSPS) is 12.1. The predicted octanol–water partition coefficient (Wildman–Crippen LogP) is 18.3. The van der Waals surface area contributed by atoms with Gasteiger partial charge in [0.15, 0.2) is 6.10 Å². The largest absolute Gasteiger partial charge is 0.462 e. The summed E-state index contributed by atoms with van der Waals surface area (Å²) in [5.74, 6) is -0.855. The molecule has 0 saturated carbocycles. The Labute approximate surface area is 392 Å². The summed E-state index contributed by atoms with van der Waals surface area (Å²) in [6.07, 6.45) is 60.2. The third-order valence-electron chi connectivity index (χ3n) is 12.5. The van der Waals surface area contributed by atoms with Gasteiger partial charge in [0, 0.05) is 19.3 Å². The molecular formula is C57H106O6. The Morgan fingerprint density at radius 2 is 0.571 bits per heavy atom. The zero-order chi connectivity index (χ0) is 45.8. The Hall–Kier alpha value is -2.11. The van der Waals surface area contributed by atoms with Crippen LogP contribution in [0.15, 0.2) is 24.3 Å². The third-order valence-corrected chi connectivity index (χ3v) is 12.5. The fourth-order valence-electron chi connectivity index (χ4n) is 8.24. The van der Waals surface area contributed by atoms with Gasteiger partial charge in [-0.05, 0) is 51.4 Å². The number of unbranched alkanes of at least 4 members (excludes halogenated alkanes) is 36. The molecule has 0 aromatic rings. The molecule has 0 heterocycles. The summed E-state index contributed by atoms with van der Waals surface area (Å²) in [5, 5.41) is 0. The van der Waals surface area contributed by atoms with Crippen molar-refractivity contribution in [3.8, 4) is 0 Å². The van der Waals surface area contributed by atoms with E-state index in [4.69, 9.17) is 14.2 Å². The van der Waals surface area contributed by atoms with Crippen molar-refractivity contribution in [1.29, 1.82) is 0 Å². The standard InChI is InChI=1S/C57H106O6/c1-4-7-10-13-16-19-22-24-26-28-29-30-32-33-35-38-41-44-47-50-56(59)62-53-54(52-61-55(58)49-46-43-40-37-21-18-15-12-9-6-3)63-57(60)51-48-45-42-39-36-34-31-27-25-23-20-17-14-11-8-5-2/h16,19,24,26,54H,4-15,17-18,20-23,25,27-53H2,1-3H3/b19-16-,26-24-/t54-/m1/s1. The molecule has 0 bridgehead atoms. The fourth-order valence-corrected chi connectivity index (χ4v) is 8.24. The molecule has 0 rings (SSSR count). The lowest BCUT2D eigenvalue weighted by Crippen LogP contribution is -2.30. The number of hydrogen-bond donors (Lipinski definition) is 0. The van der Waals surface area contributed by atoms with Crippen LogP contribution in [0.5, 0.6) is 0 Å². The van der Waals surface area contributed by atoms with Gasteiger partial charge in [-0.2, -0.15) is 0 Å². The highest BCUT2D eigenvalue weighted by atomic mass is 16.6. The van der Waals surface area contributed by atoms with Crippen molar-refractivity contribution in [2.45, 2.75) is 309 Å². The predicted molar refractivity (Wildman–Crippen MR) is 270 cm³/mol. The van der Waals surface area contributed by atoms with Crippen LogP contribution in [-0.4, -0.2) is 37.2 Å². The summed E-state index contributed by atoms with van der Waals surface area (Å²) in [6.45, 7) is 6.64. The molecule has 0 aliphatic heterocycles. The molecule has 0 aliphatic carbocycles. The number of rotatable bonds is 51. The van der Waals surface area contributed by atoms with Crippen molar-refractivity contribution in [2.75, 3.05) is 13.2 Å². The molecule has 0 radical (unpaired) electrons. The highest BCUT2D eigenvalue weighted by Crippen LogP contribution is 2.17. The topological polar surface area (TPSA) is 78.9 Å². The van der Waals surface area contributed by atoms with Gasteiger partial charge in [0.2, 0.25) is 0 Å². The second-order valence-electron chi connectivity index (χ2n) is 18.9. The SMILES string of the molecule is CCCCC/C=C\C/C=C\CCCCCCCCCCCC(=O)OC[C@@H](COC(=O)CCCCCCCCCCCC)OC(=O)CCCCCCCCCCCCCCCCCC. The summed E-state index contributed by atoms with van der Waals surface area (Å²) in [6, 6.07) is 0. The van der Waals surface area contributed by atoms with E-state index in [1.54, 1.807) is 0 Å². The van der Waals surface area contributed by atoms with Crippen LogP contribution in [0.1, 0.15) is 303 Å². The van der Waals surface area contributed by atoms with Crippen molar-refractivity contribution < 1.29 is 28.6 Å². The van der Waals surface area contributed by atoms with Crippen molar-refractivity contribution in [3.05, 3.63) is 24.3 Å². The quantitative estimate of drug-likeness (QED) is 0.0262. The van der Waals surface area contributed by atoms with Crippen LogP contribution in [0, 0.1) is 0 Å². The minimum absolute atomic E-state index is 0.0673. The molecule has 0 N–H and O–H groups in total. The van der Waals surface area contributed by atoms with Gasteiger partial charge in [-0.1, -0.05) is 257 Å². The summed E-state index contributed by atoms with van der Waals surface area (Å²) in [5.41, 5.74) is 0. The zero-order valence-electron chi connectivity index (χ0n) is 42.4. The Morgan fingerprint density at radius 1 is 0.317 bits per heavy atom. The van der Waals surface area contributed by atoms with E-state index >= 15 is 0 Å². The highest BCUT2D eigenvalue weighted by molar-refractivity contribution is 5.71. The lowest BCUT2D eigenvalue weighted by molar-refractivity contribution is -0.167. The maximum Gasteiger partial charge on any atom is 0.306 e. The molecule has 0 unspecified atom stereocenters. The molecule has 63 heavy (non-hydrogen) atoms.